The topological polar surface area (TPSA) is 103 Å². The second-order valence-corrected chi connectivity index (χ2v) is 6.48. The molecule has 1 heterocycles. The van der Waals surface area contributed by atoms with Crippen molar-refractivity contribution in [1.29, 1.82) is 0 Å². The molecule has 0 radical (unpaired) electrons. The molecule has 0 saturated heterocycles. The summed E-state index contributed by atoms with van der Waals surface area (Å²) >= 11 is 1.22. The molecule has 0 bridgehead atoms. The van der Waals surface area contributed by atoms with Crippen LogP contribution >= 0.6 is 11.3 Å². The molecule has 0 aliphatic carbocycles. The summed E-state index contributed by atoms with van der Waals surface area (Å²) in [7, 11) is 1.56. The lowest BCUT2D eigenvalue weighted by molar-refractivity contribution is -0.384. The summed E-state index contributed by atoms with van der Waals surface area (Å²) in [6.45, 7) is 0. The van der Waals surface area contributed by atoms with Crippen molar-refractivity contribution in [2.75, 3.05) is 7.11 Å². The van der Waals surface area contributed by atoms with Gasteiger partial charge in [-0.25, -0.2) is 4.98 Å². The van der Waals surface area contributed by atoms with Crippen LogP contribution in [0, 0.1) is 10.1 Å². The van der Waals surface area contributed by atoms with Crippen LogP contribution in [0.2, 0.25) is 0 Å². The Morgan fingerprint density at radius 1 is 1.23 bits per heavy atom. The summed E-state index contributed by atoms with van der Waals surface area (Å²) in [4.78, 5) is 26.9. The fourth-order valence-corrected chi connectivity index (χ4v) is 3.53. The number of nitrogens with zero attached hydrogens (tertiary/aromatic N) is 2. The predicted molar refractivity (Wildman–Crippen MR) is 97.5 cm³/mol. The van der Waals surface area contributed by atoms with E-state index in [4.69, 9.17) is 4.74 Å². The normalized spacial score (nSPS) is 10.5. The number of benzene rings is 2. The Labute approximate surface area is 152 Å². The number of methoxy groups -OCH3 is 1. The largest absolute Gasteiger partial charge is 0.497 e. The van der Waals surface area contributed by atoms with Gasteiger partial charge in [-0.2, -0.15) is 0 Å². The lowest BCUT2D eigenvalue weighted by Gasteiger charge is -2.03. The van der Waals surface area contributed by atoms with Crippen LogP contribution in [0.3, 0.4) is 0 Å². The first-order valence-electron chi connectivity index (χ1n) is 7.58. The Balaban J connectivity index is 2.07. The molecule has 3 rings (SSSR count). The van der Waals surface area contributed by atoms with Gasteiger partial charge in [-0.15, -0.1) is 11.3 Å². The molecule has 0 aliphatic rings. The molecular weight excluding hydrogens is 356 g/mol. The van der Waals surface area contributed by atoms with E-state index in [0.717, 1.165) is 5.56 Å². The van der Waals surface area contributed by atoms with Crippen molar-refractivity contribution in [1.82, 2.24) is 4.98 Å². The maximum absolute atomic E-state index is 11.2. The Morgan fingerprint density at radius 3 is 2.58 bits per heavy atom. The average Bonchev–Trinajstić information content (AvgIpc) is 3.05. The van der Waals surface area contributed by atoms with E-state index in [1.165, 1.54) is 23.5 Å². The van der Waals surface area contributed by atoms with Gasteiger partial charge < -0.3 is 9.84 Å². The third-order valence-corrected chi connectivity index (χ3v) is 4.78. The molecule has 3 aromatic rings. The standard InChI is InChI=1S/C18H14N2O5S/c1-25-14-7-5-11(6-8-14)17-15(10-16(21)22)26-18(19-17)12-3-2-4-13(9-12)20(23)24/h2-9H,10H2,1H3,(H,21,22). The molecule has 0 amide bonds. The molecule has 8 heteroatoms. The number of nitro groups is 1. The number of carboxylic acids is 1. The highest BCUT2D eigenvalue weighted by Crippen LogP contribution is 2.35. The number of non-ortho nitro benzene ring substituents is 1. The molecule has 0 aliphatic heterocycles. The highest BCUT2D eigenvalue weighted by atomic mass is 32.1. The molecule has 0 saturated carbocycles. The van der Waals surface area contributed by atoms with Gasteiger partial charge >= 0.3 is 5.97 Å². The number of thiazole rings is 1. The first-order chi connectivity index (χ1) is 12.5. The zero-order valence-corrected chi connectivity index (χ0v) is 14.5. The molecule has 0 fully saturated rings. The van der Waals surface area contributed by atoms with Gasteiger partial charge in [0.2, 0.25) is 0 Å². The molecule has 132 valence electrons. The van der Waals surface area contributed by atoms with E-state index in [1.54, 1.807) is 43.5 Å². The van der Waals surface area contributed by atoms with E-state index >= 15 is 0 Å². The number of hydrogen-bond acceptors (Lipinski definition) is 6. The van der Waals surface area contributed by atoms with Crippen LogP contribution in [0.15, 0.2) is 48.5 Å². The summed E-state index contributed by atoms with van der Waals surface area (Å²) in [5, 5.41) is 20.7. The molecule has 1 N–H and O–H groups in total. The molecule has 26 heavy (non-hydrogen) atoms. The molecule has 0 unspecified atom stereocenters. The number of carboxylic acid groups (broad SMARTS) is 1. The highest BCUT2D eigenvalue weighted by molar-refractivity contribution is 7.15. The van der Waals surface area contributed by atoms with Gasteiger partial charge in [0, 0.05) is 28.1 Å². The Hall–Kier alpha value is -3.26. The first kappa shape index (κ1) is 17.6. The molecule has 1 aromatic heterocycles. The smallest absolute Gasteiger partial charge is 0.308 e. The lowest BCUT2D eigenvalue weighted by atomic mass is 10.1. The number of hydrogen-bond donors (Lipinski definition) is 1. The summed E-state index contributed by atoms with van der Waals surface area (Å²) in [6, 6.07) is 13.3. The number of nitro benzene ring substituents is 1. The Morgan fingerprint density at radius 2 is 1.96 bits per heavy atom. The first-order valence-corrected chi connectivity index (χ1v) is 8.40. The van der Waals surface area contributed by atoms with E-state index < -0.39 is 10.9 Å². The van der Waals surface area contributed by atoms with Crippen molar-refractivity contribution < 1.29 is 19.6 Å². The van der Waals surface area contributed by atoms with Gasteiger partial charge in [0.15, 0.2) is 0 Å². The Kier molecular flexibility index (Phi) is 4.94. The van der Waals surface area contributed by atoms with Crippen molar-refractivity contribution in [3.05, 3.63) is 63.5 Å². The van der Waals surface area contributed by atoms with Crippen molar-refractivity contribution in [3.8, 4) is 27.6 Å². The maximum atomic E-state index is 11.2. The zero-order valence-electron chi connectivity index (χ0n) is 13.7. The SMILES string of the molecule is COc1ccc(-c2nc(-c3cccc([N+](=O)[O-])c3)sc2CC(=O)O)cc1. The van der Waals surface area contributed by atoms with Crippen molar-refractivity contribution >= 4 is 23.0 Å². The second-order valence-electron chi connectivity index (χ2n) is 5.40. The fourth-order valence-electron chi connectivity index (χ4n) is 2.46. The van der Waals surface area contributed by atoms with Crippen LogP contribution in [0.25, 0.3) is 21.8 Å². The summed E-state index contributed by atoms with van der Waals surface area (Å²) in [5.41, 5.74) is 1.86. The van der Waals surface area contributed by atoms with Crippen molar-refractivity contribution in [2.45, 2.75) is 6.42 Å². The predicted octanol–water partition coefficient (Wildman–Crippen LogP) is 4.02. The van der Waals surface area contributed by atoms with E-state index in [-0.39, 0.29) is 12.1 Å². The minimum absolute atomic E-state index is 0.0384. The summed E-state index contributed by atoms with van der Waals surface area (Å²) in [5.74, 6) is -0.281. The number of aliphatic carboxylic acids is 1. The number of rotatable bonds is 6. The minimum atomic E-state index is -0.964. The number of carbonyl (C=O) groups is 1. The van der Waals surface area contributed by atoms with Crippen LogP contribution < -0.4 is 4.74 Å². The van der Waals surface area contributed by atoms with Crippen molar-refractivity contribution in [2.24, 2.45) is 0 Å². The molecule has 2 aromatic carbocycles. The van der Waals surface area contributed by atoms with Crippen LogP contribution in [0.4, 0.5) is 5.69 Å². The van der Waals surface area contributed by atoms with Crippen LogP contribution in [0.5, 0.6) is 5.75 Å². The van der Waals surface area contributed by atoms with Gasteiger partial charge in [0.25, 0.3) is 5.69 Å². The summed E-state index contributed by atoms with van der Waals surface area (Å²) < 4.78 is 5.13. The van der Waals surface area contributed by atoms with Gasteiger partial charge in [-0.05, 0) is 24.3 Å². The molecule has 7 nitrogen and oxygen atoms in total. The third-order valence-electron chi connectivity index (χ3n) is 3.68. The molecular formula is C18H14N2O5S. The van der Waals surface area contributed by atoms with Crippen LogP contribution in [0.1, 0.15) is 4.88 Å². The van der Waals surface area contributed by atoms with Gasteiger partial charge in [-0.1, -0.05) is 12.1 Å². The number of ether oxygens (including phenoxy) is 1. The number of aromatic nitrogens is 1. The van der Waals surface area contributed by atoms with Gasteiger partial charge in [0.1, 0.15) is 10.8 Å². The second kappa shape index (κ2) is 7.32. The zero-order chi connectivity index (χ0) is 18.7. The van der Waals surface area contributed by atoms with Crippen LogP contribution in [-0.4, -0.2) is 28.1 Å². The summed E-state index contributed by atoms with van der Waals surface area (Å²) in [6.07, 6.45) is -0.173. The lowest BCUT2D eigenvalue weighted by Crippen LogP contribution is -1.99. The van der Waals surface area contributed by atoms with Crippen LogP contribution in [-0.2, 0) is 11.2 Å². The molecule has 0 spiro atoms. The third kappa shape index (κ3) is 3.70. The Bertz CT molecular complexity index is 966. The molecule has 0 atom stereocenters. The van der Waals surface area contributed by atoms with E-state index in [2.05, 4.69) is 4.98 Å². The van der Waals surface area contributed by atoms with E-state index in [1.807, 2.05) is 0 Å². The van der Waals surface area contributed by atoms with Gasteiger partial charge in [-0.3, -0.25) is 14.9 Å². The minimum Gasteiger partial charge on any atom is -0.497 e. The van der Waals surface area contributed by atoms with Gasteiger partial charge in [0.05, 0.1) is 24.1 Å². The average molecular weight is 370 g/mol. The van der Waals surface area contributed by atoms with Crippen molar-refractivity contribution in [3.63, 3.8) is 0 Å². The maximum Gasteiger partial charge on any atom is 0.308 e. The quantitative estimate of drug-likeness (QED) is 0.519. The van der Waals surface area contributed by atoms with E-state index in [0.29, 0.717) is 26.9 Å². The fraction of sp³-hybridized carbons (Fsp3) is 0.111. The monoisotopic (exact) mass is 370 g/mol. The van der Waals surface area contributed by atoms with E-state index in [9.17, 15) is 20.0 Å². The highest BCUT2D eigenvalue weighted by Gasteiger charge is 2.18.